The Morgan fingerprint density at radius 3 is 1.58 bits per heavy atom. The summed E-state index contributed by atoms with van der Waals surface area (Å²) in [7, 11) is 0. The van der Waals surface area contributed by atoms with Crippen LogP contribution >= 0.6 is 0 Å². The van der Waals surface area contributed by atoms with Gasteiger partial charge >= 0.3 is 17.1 Å². The lowest BCUT2D eigenvalue weighted by Gasteiger charge is -2.25. The second-order valence-corrected chi connectivity index (χ2v) is 10.1. The van der Waals surface area contributed by atoms with Gasteiger partial charge in [-0.2, -0.15) is 0 Å². The summed E-state index contributed by atoms with van der Waals surface area (Å²) in [5.74, 6) is 1.04. The van der Waals surface area contributed by atoms with E-state index in [2.05, 4.69) is 13.8 Å². The number of aromatic nitrogens is 3. The Balaban J connectivity index is 1.97. The van der Waals surface area contributed by atoms with Gasteiger partial charge in [0.25, 0.3) is 0 Å². The number of hydrogen-bond acceptors (Lipinski definition) is 3. The van der Waals surface area contributed by atoms with E-state index in [1.54, 1.807) is 0 Å². The molecule has 1 unspecified atom stereocenters. The minimum Gasteiger partial charge on any atom is -0.247 e. The first-order chi connectivity index (χ1) is 15.0. The average molecular weight is 434 g/mol. The lowest BCUT2D eigenvalue weighted by molar-refractivity contribution is 0.269. The maximum atomic E-state index is 13.4. The van der Waals surface area contributed by atoms with Crippen LogP contribution in [0.2, 0.25) is 0 Å². The highest BCUT2D eigenvalue weighted by Gasteiger charge is 2.23. The van der Waals surface area contributed by atoms with E-state index in [1.165, 1.54) is 52.2 Å². The van der Waals surface area contributed by atoms with E-state index in [1.807, 2.05) is 0 Å². The van der Waals surface area contributed by atoms with Gasteiger partial charge < -0.3 is 0 Å². The van der Waals surface area contributed by atoms with Crippen LogP contribution in [-0.4, -0.2) is 13.7 Å². The third-order valence-electron chi connectivity index (χ3n) is 7.70. The van der Waals surface area contributed by atoms with Crippen LogP contribution in [0.25, 0.3) is 0 Å². The number of nitrogens with zero attached hydrogens (tertiary/aromatic N) is 3. The van der Waals surface area contributed by atoms with E-state index in [0.29, 0.717) is 37.4 Å². The summed E-state index contributed by atoms with van der Waals surface area (Å²) in [6, 6.07) is 0. The van der Waals surface area contributed by atoms with Gasteiger partial charge in [-0.25, -0.2) is 28.1 Å². The minimum absolute atomic E-state index is 0.300. The van der Waals surface area contributed by atoms with Crippen molar-refractivity contribution < 1.29 is 0 Å². The molecule has 6 nitrogen and oxygen atoms in total. The van der Waals surface area contributed by atoms with Crippen molar-refractivity contribution in [2.24, 2.45) is 17.8 Å². The lowest BCUT2D eigenvalue weighted by atomic mass is 9.89. The van der Waals surface area contributed by atoms with Crippen molar-refractivity contribution in [3.05, 3.63) is 31.5 Å². The third kappa shape index (κ3) is 6.23. The average Bonchev–Trinajstić information content (AvgIpc) is 2.80. The molecule has 0 saturated heterocycles. The van der Waals surface area contributed by atoms with Crippen LogP contribution in [0.15, 0.2) is 14.4 Å². The molecule has 31 heavy (non-hydrogen) atoms. The quantitative estimate of drug-likeness (QED) is 0.544. The van der Waals surface area contributed by atoms with E-state index in [9.17, 15) is 14.4 Å². The molecule has 2 aliphatic rings. The van der Waals surface area contributed by atoms with Crippen molar-refractivity contribution in [2.45, 2.75) is 123 Å². The van der Waals surface area contributed by atoms with Gasteiger partial charge in [0.2, 0.25) is 0 Å². The molecule has 1 atom stereocenters. The first-order valence-corrected chi connectivity index (χ1v) is 13.0. The number of hydrogen-bond donors (Lipinski definition) is 0. The van der Waals surface area contributed by atoms with Crippen molar-refractivity contribution in [1.82, 2.24) is 13.7 Å². The topological polar surface area (TPSA) is 66.0 Å². The summed E-state index contributed by atoms with van der Waals surface area (Å²) < 4.78 is 4.22. The fourth-order valence-corrected chi connectivity index (χ4v) is 5.58. The second kappa shape index (κ2) is 11.9. The Morgan fingerprint density at radius 1 is 0.710 bits per heavy atom. The fourth-order valence-electron chi connectivity index (χ4n) is 5.58. The summed E-state index contributed by atoms with van der Waals surface area (Å²) in [6.07, 6.45) is 15.6. The predicted octanol–water partition coefficient (Wildman–Crippen LogP) is 4.55. The molecule has 0 N–H and O–H groups in total. The lowest BCUT2D eigenvalue weighted by Crippen LogP contribution is -2.56. The fraction of sp³-hybridized carbons (Fsp3) is 0.880. The van der Waals surface area contributed by atoms with Crippen molar-refractivity contribution >= 4 is 0 Å². The Kier molecular flexibility index (Phi) is 9.21. The van der Waals surface area contributed by atoms with Gasteiger partial charge in [0, 0.05) is 19.6 Å². The van der Waals surface area contributed by atoms with Crippen molar-refractivity contribution in [3.8, 4) is 0 Å². The van der Waals surface area contributed by atoms with Crippen LogP contribution < -0.4 is 17.1 Å². The zero-order chi connectivity index (χ0) is 22.2. The summed E-state index contributed by atoms with van der Waals surface area (Å²) in [5, 5.41) is 0. The molecule has 1 heterocycles. The zero-order valence-corrected chi connectivity index (χ0v) is 19.8. The molecule has 3 rings (SSSR count). The Hall–Kier alpha value is -1.59. The van der Waals surface area contributed by atoms with E-state index < -0.39 is 0 Å². The predicted molar refractivity (Wildman–Crippen MR) is 126 cm³/mol. The highest BCUT2D eigenvalue weighted by molar-refractivity contribution is 4.83. The second-order valence-electron chi connectivity index (χ2n) is 10.1. The van der Waals surface area contributed by atoms with Crippen LogP contribution in [0.3, 0.4) is 0 Å². The largest absolute Gasteiger partial charge is 0.336 e. The Morgan fingerprint density at radius 2 is 1.16 bits per heavy atom. The van der Waals surface area contributed by atoms with Crippen LogP contribution in [0, 0.1) is 17.8 Å². The van der Waals surface area contributed by atoms with Crippen LogP contribution in [0.5, 0.6) is 0 Å². The molecule has 0 amide bonds. The molecule has 0 aliphatic heterocycles. The molecule has 0 aromatic carbocycles. The summed E-state index contributed by atoms with van der Waals surface area (Å²) in [5.41, 5.74) is -1.13. The standard InChI is InChI=1S/C25H43N3O3/c1-3-5-12-20(4-2)17-26-23(29)27(18-21-13-8-6-9-14-21)25(31)28(24(26)30)19-22-15-10-7-11-16-22/h20-22H,3-19H2,1-2H3. The molecule has 0 spiro atoms. The van der Waals surface area contributed by atoms with Gasteiger partial charge in [0.15, 0.2) is 0 Å². The summed E-state index contributed by atoms with van der Waals surface area (Å²) in [4.78, 5) is 40.1. The van der Waals surface area contributed by atoms with E-state index in [4.69, 9.17) is 0 Å². The summed E-state index contributed by atoms with van der Waals surface area (Å²) >= 11 is 0. The number of unbranched alkanes of at least 4 members (excludes halogenated alkanes) is 1. The molecule has 2 aliphatic carbocycles. The van der Waals surface area contributed by atoms with Gasteiger partial charge in [-0.15, -0.1) is 0 Å². The highest BCUT2D eigenvalue weighted by atomic mass is 16.2. The molecule has 2 fully saturated rings. The monoisotopic (exact) mass is 433 g/mol. The normalized spacial score (nSPS) is 19.5. The van der Waals surface area contributed by atoms with Crippen molar-refractivity contribution in [3.63, 3.8) is 0 Å². The maximum absolute atomic E-state index is 13.4. The SMILES string of the molecule is CCCCC(CC)Cn1c(=O)n(CC2CCCCC2)c(=O)n(CC2CCCCC2)c1=O. The van der Waals surface area contributed by atoms with Crippen molar-refractivity contribution in [2.75, 3.05) is 0 Å². The third-order valence-corrected chi connectivity index (χ3v) is 7.70. The van der Waals surface area contributed by atoms with Gasteiger partial charge in [0.1, 0.15) is 0 Å². The Bertz CT molecular complexity index is 796. The van der Waals surface area contributed by atoms with Crippen LogP contribution in [0.1, 0.15) is 104 Å². The van der Waals surface area contributed by atoms with Gasteiger partial charge in [0.05, 0.1) is 0 Å². The Labute approximate surface area is 186 Å². The molecule has 1 aromatic heterocycles. The van der Waals surface area contributed by atoms with Gasteiger partial charge in [-0.05, 0) is 49.9 Å². The molecule has 0 radical (unpaired) electrons. The van der Waals surface area contributed by atoms with E-state index in [0.717, 1.165) is 51.4 Å². The minimum atomic E-state index is -0.379. The maximum Gasteiger partial charge on any atom is 0.336 e. The first kappa shape index (κ1) is 24.1. The smallest absolute Gasteiger partial charge is 0.247 e. The molecule has 6 heteroatoms. The first-order valence-electron chi connectivity index (χ1n) is 13.0. The molecule has 1 aromatic rings. The zero-order valence-electron chi connectivity index (χ0n) is 19.8. The molecule has 0 bridgehead atoms. The van der Waals surface area contributed by atoms with E-state index in [-0.39, 0.29) is 17.1 Å². The van der Waals surface area contributed by atoms with Crippen molar-refractivity contribution in [1.29, 1.82) is 0 Å². The van der Waals surface area contributed by atoms with Crippen LogP contribution in [0.4, 0.5) is 0 Å². The van der Waals surface area contributed by atoms with Crippen LogP contribution in [-0.2, 0) is 19.6 Å². The molecule has 2 saturated carbocycles. The summed E-state index contributed by atoms with van der Waals surface area (Å²) in [6.45, 7) is 5.66. The molecule has 176 valence electrons. The van der Waals surface area contributed by atoms with E-state index >= 15 is 0 Å². The number of rotatable bonds is 10. The highest BCUT2D eigenvalue weighted by Crippen LogP contribution is 2.25. The van der Waals surface area contributed by atoms with Gasteiger partial charge in [-0.1, -0.05) is 71.6 Å². The molecular formula is C25H43N3O3. The molecular weight excluding hydrogens is 390 g/mol. The van der Waals surface area contributed by atoms with Gasteiger partial charge in [-0.3, -0.25) is 0 Å².